The molecule has 5 heterocycles. The van der Waals surface area contributed by atoms with E-state index in [1.165, 1.54) is 24.0 Å². The van der Waals surface area contributed by atoms with Crippen LogP contribution in [0.15, 0.2) is 42.4 Å². The molecule has 5 rings (SSSR count). The molecule has 25 nitrogen and oxygen atoms in total. The van der Waals surface area contributed by atoms with Crippen molar-refractivity contribution < 1.29 is 72.0 Å². The van der Waals surface area contributed by atoms with Crippen molar-refractivity contribution in [3.8, 4) is 0 Å². The molecule has 10 N–H and O–H groups in total. The fraction of sp³-hybridized carbons (Fsp3) is 0.536. The lowest BCUT2D eigenvalue weighted by atomic mass is 10.1. The number of nitrogens with two attached hydrogens (primary N) is 2. The van der Waals surface area contributed by atoms with Crippen LogP contribution in [0.2, 0.25) is 0 Å². The summed E-state index contributed by atoms with van der Waals surface area (Å²) in [6.07, 6.45) is -7.26. The molecule has 302 valence electrons. The molecule has 1 amide bonds. The van der Waals surface area contributed by atoms with Gasteiger partial charge in [0.2, 0.25) is 5.91 Å². The number of phosphoric ester groups is 1. The van der Waals surface area contributed by atoms with E-state index in [1.54, 1.807) is 0 Å². The number of carbonyl (C=O) groups is 2. The van der Waals surface area contributed by atoms with E-state index in [-0.39, 0.29) is 35.6 Å². The van der Waals surface area contributed by atoms with Gasteiger partial charge >= 0.3 is 27.1 Å². The molecule has 0 aromatic carbocycles. The van der Waals surface area contributed by atoms with Crippen LogP contribution in [-0.2, 0) is 42.0 Å². The van der Waals surface area contributed by atoms with Crippen molar-refractivity contribution in [2.24, 2.45) is 0 Å². The maximum Gasteiger partial charge on any atom is 0.469 e. The van der Waals surface area contributed by atoms with Crippen LogP contribution >= 0.6 is 15.4 Å². The van der Waals surface area contributed by atoms with Gasteiger partial charge in [0, 0.05) is 19.7 Å². The Bertz CT molecular complexity index is 2050. The highest BCUT2D eigenvalue weighted by atomic mass is 31.2. The van der Waals surface area contributed by atoms with Crippen LogP contribution in [0.25, 0.3) is 11.2 Å². The lowest BCUT2D eigenvalue weighted by Gasteiger charge is -2.29. The third kappa shape index (κ3) is 9.09. The van der Waals surface area contributed by atoms with Crippen molar-refractivity contribution >= 4 is 50.1 Å². The number of phosphoric acid groups is 1. The largest absolute Gasteiger partial charge is 0.469 e. The first-order valence-corrected chi connectivity index (χ1v) is 19.4. The number of allylic oxidation sites excluding steroid dienone is 1. The van der Waals surface area contributed by atoms with Crippen molar-refractivity contribution in [1.29, 1.82) is 0 Å². The van der Waals surface area contributed by atoms with Crippen LogP contribution < -0.4 is 17.2 Å². The Balaban J connectivity index is 1.44. The summed E-state index contributed by atoms with van der Waals surface area (Å²) in [5.41, 5.74) is 8.48. The number of likely N-dealkylation sites (N-methyl/N-ethyl adjacent to an activating group) is 1. The maximum absolute atomic E-state index is 13.9. The summed E-state index contributed by atoms with van der Waals surface area (Å²) < 4.78 is 54.4. The number of nitrogens with zero attached hydrogens (tertiary/aromatic N) is 7. The zero-order valence-corrected chi connectivity index (χ0v) is 30.6. The molecule has 0 saturated carbocycles. The molecule has 1 unspecified atom stereocenters. The summed E-state index contributed by atoms with van der Waals surface area (Å²) >= 11 is 0. The minimum atomic E-state index is -5.27. The average molecular weight is 820 g/mol. The van der Waals surface area contributed by atoms with E-state index in [0.29, 0.717) is 4.57 Å². The van der Waals surface area contributed by atoms with E-state index >= 15 is 0 Å². The molecule has 0 spiro atoms. The smallest absolute Gasteiger partial charge is 0.455 e. The zero-order chi connectivity index (χ0) is 40.4. The van der Waals surface area contributed by atoms with Crippen molar-refractivity contribution in [2.45, 2.75) is 67.5 Å². The predicted octanol–water partition coefficient (Wildman–Crippen LogP) is -2.86. The summed E-state index contributed by atoms with van der Waals surface area (Å²) in [6, 6.07) is -0.415. The van der Waals surface area contributed by atoms with Gasteiger partial charge in [-0.3, -0.25) is 23.0 Å². The Labute approximate surface area is 309 Å². The molecule has 2 aliphatic heterocycles. The van der Waals surface area contributed by atoms with Gasteiger partial charge in [0.15, 0.2) is 36.1 Å². The van der Waals surface area contributed by atoms with E-state index < -0.39 is 107 Å². The number of esters is 1. The zero-order valence-electron chi connectivity index (χ0n) is 28.8. The highest BCUT2D eigenvalue weighted by molar-refractivity contribution is 7.53. The number of fused-ring (bicyclic) bond motifs is 1. The summed E-state index contributed by atoms with van der Waals surface area (Å²) in [6.45, 7) is 0.581. The minimum Gasteiger partial charge on any atom is -0.455 e. The number of aliphatic hydroxyl groups excluding tert-OH is 3. The first-order valence-electron chi connectivity index (χ1n) is 16.2. The second-order valence-corrected chi connectivity index (χ2v) is 15.5. The molecule has 2 fully saturated rings. The first-order chi connectivity index (χ1) is 25.9. The highest BCUT2D eigenvalue weighted by Crippen LogP contribution is 2.56. The van der Waals surface area contributed by atoms with E-state index in [4.69, 9.17) is 30.2 Å². The van der Waals surface area contributed by atoms with Gasteiger partial charge in [-0.25, -0.2) is 29.1 Å². The maximum atomic E-state index is 13.9. The molecule has 2 saturated heterocycles. The molecule has 3 aromatic rings. The fourth-order valence-electron chi connectivity index (χ4n) is 5.99. The van der Waals surface area contributed by atoms with Gasteiger partial charge in [-0.1, -0.05) is 6.08 Å². The molecular formula is C28H39N9O16P2. The van der Waals surface area contributed by atoms with Gasteiger partial charge in [-0.05, 0) is 12.5 Å². The van der Waals surface area contributed by atoms with Gasteiger partial charge in [0.05, 0.1) is 26.1 Å². The summed E-state index contributed by atoms with van der Waals surface area (Å²) in [5.74, 6) is -1.99. The molecule has 0 bridgehead atoms. The molecule has 0 radical (unpaired) electrons. The summed E-state index contributed by atoms with van der Waals surface area (Å²) in [7, 11) is -9.23. The number of carbonyl (C=O) groups excluding carboxylic acids is 2. The number of rotatable bonds is 16. The Morgan fingerprint density at radius 1 is 1.05 bits per heavy atom. The third-order valence-corrected chi connectivity index (χ3v) is 11.2. The number of nitrogen functional groups attached to an aromatic ring is 2. The van der Waals surface area contributed by atoms with Gasteiger partial charge < -0.3 is 65.1 Å². The lowest BCUT2D eigenvalue weighted by Crippen LogP contribution is -2.49. The lowest BCUT2D eigenvalue weighted by molar-refractivity contribution is -0.166. The van der Waals surface area contributed by atoms with Gasteiger partial charge in [-0.2, -0.15) is 4.98 Å². The number of aromatic nitrogens is 6. The van der Waals surface area contributed by atoms with Gasteiger partial charge in [0.25, 0.3) is 0 Å². The Hall–Kier alpha value is -4.23. The molecule has 55 heavy (non-hydrogen) atoms. The van der Waals surface area contributed by atoms with Crippen molar-refractivity contribution in [3.63, 3.8) is 0 Å². The number of aliphatic hydroxyl groups is 3. The standard InChI is InChI=1S/C28H39N9O16P2/c1-3-4-5-17(39)35(2)13(8-38)27(42)53-21-14(51-25(19(21)40)37-12-33-18-23(30)31-11-32-24(18)37)9-49-54(44,45)22-15(10-50-55(46,47)48)52-26(20(22)41)36-7-6-16(29)34-28(36)43/h3,6-7,11-15,19-22,25-26,38,40-41H,1,4-5,8-10H2,2H3,(H,44,45)(H2,29,34,43)(H2,30,31,32)(H2,46,47,48)/t13-,14+,15+,19+,20+,21+,22+,25+,26+/m0/s1. The SMILES string of the molecule is C=CCCC(=O)N(C)[C@@H](CO)C(=O)O[C@H]1[C@@H](O)[C@H](n2cnc3c(N)ncnc32)O[C@@H]1COP(=O)(O)[C@H]1[C@@H](O)[C@H](n2ccc(N)nc2=O)O[C@@H]1COP(=O)(O)O. The quantitative estimate of drug-likeness (QED) is 0.0409. The van der Waals surface area contributed by atoms with Crippen LogP contribution in [0.4, 0.5) is 11.6 Å². The van der Waals surface area contributed by atoms with E-state index in [0.717, 1.165) is 23.5 Å². The van der Waals surface area contributed by atoms with Crippen molar-refractivity contribution in [2.75, 3.05) is 38.3 Å². The fourth-order valence-corrected chi connectivity index (χ4v) is 7.97. The minimum absolute atomic E-state index is 0.0276. The van der Waals surface area contributed by atoms with Crippen LogP contribution in [0, 0.1) is 0 Å². The Morgan fingerprint density at radius 2 is 1.73 bits per heavy atom. The topological polar surface area (TPSA) is 370 Å². The van der Waals surface area contributed by atoms with Gasteiger partial charge in [0.1, 0.15) is 47.7 Å². The van der Waals surface area contributed by atoms with E-state index in [2.05, 4.69) is 31.0 Å². The van der Waals surface area contributed by atoms with Crippen LogP contribution in [-0.4, -0.2) is 145 Å². The predicted molar refractivity (Wildman–Crippen MR) is 183 cm³/mol. The van der Waals surface area contributed by atoms with Crippen molar-refractivity contribution in [1.82, 2.24) is 34.0 Å². The molecule has 3 aromatic heterocycles. The monoisotopic (exact) mass is 819 g/mol. The second kappa shape index (κ2) is 16.9. The number of imidazole rings is 1. The molecule has 10 atom stereocenters. The number of hydrogen-bond donors (Lipinski definition) is 8. The average Bonchev–Trinajstić information content (AvgIpc) is 3.79. The van der Waals surface area contributed by atoms with E-state index in [9.17, 15) is 53.5 Å². The van der Waals surface area contributed by atoms with E-state index in [1.807, 2.05) is 0 Å². The number of amides is 1. The van der Waals surface area contributed by atoms with Crippen molar-refractivity contribution in [3.05, 3.63) is 48.1 Å². The first kappa shape index (κ1) is 41.9. The summed E-state index contributed by atoms with van der Waals surface area (Å²) in [5, 5.41) is 32.8. The highest BCUT2D eigenvalue weighted by Gasteiger charge is 2.56. The summed E-state index contributed by atoms with van der Waals surface area (Å²) in [4.78, 5) is 85.0. The van der Waals surface area contributed by atoms with Gasteiger partial charge in [-0.15, -0.1) is 6.58 Å². The number of ether oxygens (including phenoxy) is 3. The Morgan fingerprint density at radius 3 is 2.38 bits per heavy atom. The van der Waals surface area contributed by atoms with Crippen LogP contribution in [0.1, 0.15) is 25.3 Å². The number of hydrogen-bond acceptors (Lipinski definition) is 19. The van der Waals surface area contributed by atoms with Crippen LogP contribution in [0.5, 0.6) is 0 Å². The van der Waals surface area contributed by atoms with Crippen LogP contribution in [0.3, 0.4) is 0 Å². The third-order valence-electron chi connectivity index (χ3n) is 8.76. The normalized spacial score (nSPS) is 27.1. The molecular weight excluding hydrogens is 780 g/mol. The molecule has 0 aliphatic carbocycles. The second-order valence-electron chi connectivity index (χ2n) is 12.3. The molecule has 2 aliphatic rings. The molecule has 27 heteroatoms. The Kier molecular flexibility index (Phi) is 12.9. The number of anilines is 2.